The summed E-state index contributed by atoms with van der Waals surface area (Å²) in [6, 6.07) is 0. The molecule has 0 bridgehead atoms. The third-order valence-corrected chi connectivity index (χ3v) is 5.33. The number of fused-ring (bicyclic) bond motifs is 1. The minimum atomic E-state index is -0.126. The zero-order valence-electron chi connectivity index (χ0n) is 15.8. The molecule has 0 aromatic rings. The van der Waals surface area contributed by atoms with E-state index in [2.05, 4.69) is 36.0 Å². The Kier molecular flexibility index (Phi) is 8.17. The van der Waals surface area contributed by atoms with Gasteiger partial charge in [0.15, 0.2) is 5.78 Å². The summed E-state index contributed by atoms with van der Waals surface area (Å²) in [5, 5.41) is 0. The van der Waals surface area contributed by atoms with Crippen LogP contribution in [0.5, 0.6) is 0 Å². The second-order valence-electron chi connectivity index (χ2n) is 7.26. The fraction of sp³-hybridized carbons (Fsp3) is 0.636. The summed E-state index contributed by atoms with van der Waals surface area (Å²) in [5.41, 5.74) is 2.49. The molecule has 0 N–H and O–H groups in total. The maximum atomic E-state index is 12.2. The first-order chi connectivity index (χ1) is 12.2. The molecule has 0 saturated heterocycles. The number of ether oxygens (including phenoxy) is 1. The van der Waals surface area contributed by atoms with Crippen LogP contribution in [0, 0.1) is 11.8 Å². The lowest BCUT2D eigenvalue weighted by molar-refractivity contribution is -0.140. The largest absolute Gasteiger partial charge is 0.469 e. The van der Waals surface area contributed by atoms with E-state index in [1.165, 1.54) is 31.9 Å². The Labute approximate surface area is 152 Å². The predicted octanol–water partition coefficient (Wildman–Crippen LogP) is 5.32. The van der Waals surface area contributed by atoms with Crippen LogP contribution in [0.15, 0.2) is 35.5 Å². The van der Waals surface area contributed by atoms with Crippen molar-refractivity contribution in [3.63, 3.8) is 0 Å². The molecule has 3 heteroatoms. The van der Waals surface area contributed by atoms with Crippen molar-refractivity contribution in [1.29, 1.82) is 0 Å². The number of carbonyl (C=O) groups excluding carboxylic acids is 2. The highest BCUT2D eigenvalue weighted by Crippen LogP contribution is 2.45. The number of hydrogen-bond acceptors (Lipinski definition) is 3. The standard InChI is InChI=1S/C22H32O3/c1-3-4-5-6-7-8-12-19-20-15-17(14-18(20)16-21(19)23)11-9-10-13-22(24)25-2/h7-8,12,14,18,20H,3-6,9-11,13,15-16H2,1-2H3/b8-7+,19-12+/t18-,20-/m0/s1. The van der Waals surface area contributed by atoms with Crippen LogP contribution in [0.25, 0.3) is 0 Å². The fourth-order valence-corrected chi connectivity index (χ4v) is 3.91. The zero-order chi connectivity index (χ0) is 18.1. The Hall–Kier alpha value is -1.64. The summed E-state index contributed by atoms with van der Waals surface area (Å²) < 4.78 is 4.67. The number of allylic oxidation sites excluding steroid dienone is 6. The molecule has 0 aliphatic heterocycles. The van der Waals surface area contributed by atoms with Gasteiger partial charge in [-0.3, -0.25) is 9.59 Å². The second kappa shape index (κ2) is 10.4. The summed E-state index contributed by atoms with van der Waals surface area (Å²) in [6.07, 6.45) is 18.6. The Bertz CT molecular complexity index is 554. The minimum Gasteiger partial charge on any atom is -0.469 e. The van der Waals surface area contributed by atoms with E-state index in [1.54, 1.807) is 0 Å². The lowest BCUT2D eigenvalue weighted by atomic mass is 9.94. The molecule has 3 nitrogen and oxygen atoms in total. The normalized spacial score (nSPS) is 24.2. The fourth-order valence-electron chi connectivity index (χ4n) is 3.91. The smallest absolute Gasteiger partial charge is 0.305 e. The zero-order valence-corrected chi connectivity index (χ0v) is 15.8. The molecule has 0 unspecified atom stereocenters. The molecule has 2 atom stereocenters. The van der Waals surface area contributed by atoms with Crippen LogP contribution >= 0.6 is 0 Å². The van der Waals surface area contributed by atoms with Crippen molar-refractivity contribution in [2.75, 3.05) is 7.11 Å². The average Bonchev–Trinajstić information content (AvgIpc) is 3.11. The first-order valence-electron chi connectivity index (χ1n) is 9.82. The van der Waals surface area contributed by atoms with E-state index in [4.69, 9.17) is 0 Å². The number of unbranched alkanes of at least 4 members (excludes halogenated alkanes) is 4. The molecule has 1 fully saturated rings. The van der Waals surface area contributed by atoms with Crippen molar-refractivity contribution >= 4 is 11.8 Å². The van der Waals surface area contributed by atoms with Crippen LogP contribution in [0.3, 0.4) is 0 Å². The van der Waals surface area contributed by atoms with Crippen molar-refractivity contribution in [3.05, 3.63) is 35.5 Å². The molecule has 0 heterocycles. The van der Waals surface area contributed by atoms with Gasteiger partial charge in [-0.05, 0) is 55.9 Å². The first kappa shape index (κ1) is 19.7. The van der Waals surface area contributed by atoms with Gasteiger partial charge in [0.05, 0.1) is 7.11 Å². The van der Waals surface area contributed by atoms with E-state index in [-0.39, 0.29) is 5.97 Å². The lowest BCUT2D eigenvalue weighted by Crippen LogP contribution is -2.03. The maximum absolute atomic E-state index is 12.2. The third kappa shape index (κ3) is 5.98. The number of hydrogen-bond donors (Lipinski definition) is 0. The molecule has 1 saturated carbocycles. The minimum absolute atomic E-state index is 0.126. The van der Waals surface area contributed by atoms with Gasteiger partial charge in [-0.2, -0.15) is 0 Å². The number of esters is 1. The summed E-state index contributed by atoms with van der Waals surface area (Å²) in [4.78, 5) is 23.4. The van der Waals surface area contributed by atoms with Crippen LogP contribution in [-0.4, -0.2) is 18.9 Å². The van der Waals surface area contributed by atoms with E-state index in [0.29, 0.717) is 30.5 Å². The van der Waals surface area contributed by atoms with Gasteiger partial charge in [-0.25, -0.2) is 0 Å². The van der Waals surface area contributed by atoms with E-state index >= 15 is 0 Å². The van der Waals surface area contributed by atoms with Crippen molar-refractivity contribution in [3.8, 4) is 0 Å². The van der Waals surface area contributed by atoms with Crippen LogP contribution < -0.4 is 0 Å². The molecule has 0 aromatic carbocycles. The van der Waals surface area contributed by atoms with Crippen molar-refractivity contribution in [2.45, 2.75) is 71.1 Å². The number of methoxy groups -OCH3 is 1. The SMILES string of the molecule is CCCCC/C=C/C=C1/C(=O)C[C@@H]2C=C(CCCCC(=O)OC)C[C@H]12. The second-order valence-corrected chi connectivity index (χ2v) is 7.26. The highest BCUT2D eigenvalue weighted by molar-refractivity contribution is 5.99. The molecule has 25 heavy (non-hydrogen) atoms. The van der Waals surface area contributed by atoms with Crippen molar-refractivity contribution in [2.24, 2.45) is 11.8 Å². The summed E-state index contributed by atoms with van der Waals surface area (Å²) in [7, 11) is 1.44. The van der Waals surface area contributed by atoms with Gasteiger partial charge in [0, 0.05) is 12.8 Å². The van der Waals surface area contributed by atoms with Gasteiger partial charge >= 0.3 is 5.97 Å². The third-order valence-electron chi connectivity index (χ3n) is 5.33. The Morgan fingerprint density at radius 1 is 1.24 bits per heavy atom. The van der Waals surface area contributed by atoms with Gasteiger partial charge in [0.1, 0.15) is 0 Å². The van der Waals surface area contributed by atoms with E-state index in [1.807, 2.05) is 0 Å². The number of carbonyl (C=O) groups is 2. The number of rotatable bonds is 10. The van der Waals surface area contributed by atoms with Gasteiger partial charge < -0.3 is 4.74 Å². The molecule has 2 rings (SSSR count). The highest BCUT2D eigenvalue weighted by atomic mass is 16.5. The summed E-state index contributed by atoms with van der Waals surface area (Å²) in [5.74, 6) is 0.999. The van der Waals surface area contributed by atoms with Crippen molar-refractivity contribution in [1.82, 2.24) is 0 Å². The molecule has 2 aliphatic carbocycles. The molecule has 138 valence electrons. The summed E-state index contributed by atoms with van der Waals surface area (Å²) in [6.45, 7) is 2.21. The number of ketones is 1. The molecule has 0 amide bonds. The van der Waals surface area contributed by atoms with Crippen molar-refractivity contribution < 1.29 is 14.3 Å². The Balaban J connectivity index is 1.78. The van der Waals surface area contributed by atoms with Crippen LogP contribution in [0.1, 0.15) is 71.1 Å². The van der Waals surface area contributed by atoms with Crippen LogP contribution in [-0.2, 0) is 14.3 Å². The van der Waals surface area contributed by atoms with Gasteiger partial charge in [0.25, 0.3) is 0 Å². The van der Waals surface area contributed by atoms with E-state index in [9.17, 15) is 9.59 Å². The molecule has 0 spiro atoms. The Morgan fingerprint density at radius 2 is 2.08 bits per heavy atom. The first-order valence-corrected chi connectivity index (χ1v) is 9.82. The summed E-state index contributed by atoms with van der Waals surface area (Å²) >= 11 is 0. The van der Waals surface area contributed by atoms with E-state index < -0.39 is 0 Å². The van der Waals surface area contributed by atoms with Gasteiger partial charge in [0.2, 0.25) is 0 Å². The molecule has 0 aromatic heterocycles. The highest BCUT2D eigenvalue weighted by Gasteiger charge is 2.39. The maximum Gasteiger partial charge on any atom is 0.305 e. The van der Waals surface area contributed by atoms with Crippen LogP contribution in [0.4, 0.5) is 0 Å². The van der Waals surface area contributed by atoms with Gasteiger partial charge in [-0.1, -0.05) is 49.6 Å². The molecular formula is C22H32O3. The van der Waals surface area contributed by atoms with Crippen LogP contribution in [0.2, 0.25) is 0 Å². The Morgan fingerprint density at radius 3 is 2.84 bits per heavy atom. The molecular weight excluding hydrogens is 312 g/mol. The van der Waals surface area contributed by atoms with E-state index in [0.717, 1.165) is 37.7 Å². The predicted molar refractivity (Wildman–Crippen MR) is 101 cm³/mol. The lowest BCUT2D eigenvalue weighted by Gasteiger charge is -2.09. The monoisotopic (exact) mass is 344 g/mol. The average molecular weight is 344 g/mol. The quantitative estimate of drug-likeness (QED) is 0.233. The number of Topliss-reactive ketones (excluding diaryl/α,β-unsaturated/α-hetero) is 1. The molecule has 2 aliphatic rings. The van der Waals surface area contributed by atoms with Gasteiger partial charge in [-0.15, -0.1) is 0 Å². The molecule has 0 radical (unpaired) electrons. The topological polar surface area (TPSA) is 43.4 Å².